The van der Waals surface area contributed by atoms with Gasteiger partial charge in [0.1, 0.15) is 0 Å². The Morgan fingerprint density at radius 3 is 2.08 bits per heavy atom. The Morgan fingerprint density at radius 2 is 1.75 bits per heavy atom. The molecule has 0 spiro atoms. The summed E-state index contributed by atoms with van der Waals surface area (Å²) in [5.41, 5.74) is 1.84. The van der Waals surface area contributed by atoms with Crippen LogP contribution in [0.4, 0.5) is 5.69 Å². The summed E-state index contributed by atoms with van der Waals surface area (Å²) in [7, 11) is 0. The maximum Gasteiger partial charge on any atom is 0.159 e. The van der Waals surface area contributed by atoms with E-state index in [1.165, 1.54) is 0 Å². The standard InChI is InChI=1S/C8H7I2NO/c1-6(12)7-2-4-8(5-3-7)11(9)10/h2-5H,1H3. The van der Waals surface area contributed by atoms with E-state index in [1.54, 1.807) is 6.92 Å². The Bertz CT molecular complexity index is 282. The predicted octanol–water partition coefficient (Wildman–Crippen LogP) is 3.40. The number of anilines is 1. The molecule has 0 radical (unpaired) electrons. The van der Waals surface area contributed by atoms with Crippen LogP contribution in [0.3, 0.4) is 0 Å². The lowest BCUT2D eigenvalue weighted by Crippen LogP contribution is -1.93. The third kappa shape index (κ3) is 2.58. The average Bonchev–Trinajstić information content (AvgIpc) is 2.04. The van der Waals surface area contributed by atoms with E-state index in [0.717, 1.165) is 11.3 Å². The molecule has 1 aromatic rings. The number of ketones is 1. The average molecular weight is 387 g/mol. The van der Waals surface area contributed by atoms with Crippen molar-refractivity contribution in [1.82, 2.24) is 0 Å². The minimum Gasteiger partial charge on any atom is -0.295 e. The summed E-state index contributed by atoms with van der Waals surface area (Å²) in [5, 5.41) is 0. The summed E-state index contributed by atoms with van der Waals surface area (Å²) < 4.78 is 1.94. The van der Waals surface area contributed by atoms with E-state index >= 15 is 0 Å². The number of rotatable bonds is 2. The van der Waals surface area contributed by atoms with Gasteiger partial charge in [0.05, 0.1) is 51.4 Å². The molecule has 12 heavy (non-hydrogen) atoms. The van der Waals surface area contributed by atoms with Crippen LogP contribution in [-0.4, -0.2) is 5.78 Å². The maximum atomic E-state index is 10.9. The molecular formula is C8H7I2NO. The summed E-state index contributed by atoms with van der Waals surface area (Å²) in [6.45, 7) is 1.57. The maximum absolute atomic E-state index is 10.9. The molecule has 2 nitrogen and oxygen atoms in total. The first-order valence-electron chi connectivity index (χ1n) is 3.34. The second kappa shape index (κ2) is 4.40. The van der Waals surface area contributed by atoms with Crippen molar-refractivity contribution in [2.75, 3.05) is 1.33 Å². The Labute approximate surface area is 99.3 Å². The molecule has 0 saturated heterocycles. The molecule has 0 aliphatic carbocycles. The molecule has 0 amide bonds. The van der Waals surface area contributed by atoms with E-state index in [4.69, 9.17) is 0 Å². The number of nitrogens with zero attached hydrogens (tertiary/aromatic N) is 1. The third-order valence-corrected chi connectivity index (χ3v) is 2.58. The highest BCUT2D eigenvalue weighted by Crippen LogP contribution is 2.22. The fourth-order valence-electron chi connectivity index (χ4n) is 0.809. The quantitative estimate of drug-likeness (QED) is 0.441. The molecule has 0 aliphatic heterocycles. The Hall–Kier alpha value is 0.150. The zero-order chi connectivity index (χ0) is 9.14. The highest BCUT2D eigenvalue weighted by atomic mass is 127. The molecule has 0 aliphatic rings. The lowest BCUT2D eigenvalue weighted by molar-refractivity contribution is 0.101. The zero-order valence-corrected chi connectivity index (χ0v) is 10.7. The van der Waals surface area contributed by atoms with Gasteiger partial charge < -0.3 is 0 Å². The fraction of sp³-hybridized carbons (Fsp3) is 0.125. The number of carbonyl (C=O) groups excluding carboxylic acids is 1. The van der Waals surface area contributed by atoms with E-state index < -0.39 is 0 Å². The second-order valence-electron chi connectivity index (χ2n) is 2.34. The first kappa shape index (κ1) is 10.2. The Balaban J connectivity index is 2.93. The van der Waals surface area contributed by atoms with Crippen LogP contribution in [0.1, 0.15) is 17.3 Å². The van der Waals surface area contributed by atoms with Gasteiger partial charge in [0.2, 0.25) is 0 Å². The van der Waals surface area contributed by atoms with E-state index in [-0.39, 0.29) is 5.78 Å². The number of hydrogen-bond acceptors (Lipinski definition) is 2. The van der Waals surface area contributed by atoms with Crippen LogP contribution in [0.5, 0.6) is 0 Å². The molecule has 64 valence electrons. The lowest BCUT2D eigenvalue weighted by Gasteiger charge is -2.06. The van der Waals surface area contributed by atoms with Crippen molar-refractivity contribution < 1.29 is 4.79 Å². The summed E-state index contributed by atoms with van der Waals surface area (Å²) in [5.74, 6) is 0.106. The molecule has 0 atom stereocenters. The van der Waals surface area contributed by atoms with Crippen LogP contribution in [0.25, 0.3) is 0 Å². The lowest BCUT2D eigenvalue weighted by atomic mass is 10.1. The van der Waals surface area contributed by atoms with E-state index in [2.05, 4.69) is 45.7 Å². The van der Waals surface area contributed by atoms with Gasteiger partial charge in [-0.15, -0.1) is 0 Å². The van der Waals surface area contributed by atoms with Crippen LogP contribution in [0, 0.1) is 0 Å². The van der Waals surface area contributed by atoms with Gasteiger partial charge in [-0.05, 0) is 31.2 Å². The largest absolute Gasteiger partial charge is 0.295 e. The van der Waals surface area contributed by atoms with Crippen LogP contribution < -0.4 is 1.33 Å². The van der Waals surface area contributed by atoms with Crippen LogP contribution in [0.15, 0.2) is 24.3 Å². The normalized spacial score (nSPS) is 9.58. The summed E-state index contributed by atoms with van der Waals surface area (Å²) >= 11 is 4.34. The van der Waals surface area contributed by atoms with E-state index in [9.17, 15) is 4.79 Å². The van der Waals surface area contributed by atoms with Crippen LogP contribution in [-0.2, 0) is 0 Å². The van der Waals surface area contributed by atoms with Crippen molar-refractivity contribution in [3.63, 3.8) is 0 Å². The Kier molecular flexibility index (Phi) is 3.76. The molecule has 0 fully saturated rings. The molecule has 0 saturated carbocycles. The van der Waals surface area contributed by atoms with Gasteiger partial charge in [-0.1, -0.05) is 0 Å². The van der Waals surface area contributed by atoms with Gasteiger partial charge in [0.25, 0.3) is 0 Å². The minimum absolute atomic E-state index is 0.106. The summed E-state index contributed by atoms with van der Waals surface area (Å²) in [4.78, 5) is 10.9. The molecular weight excluding hydrogens is 380 g/mol. The topological polar surface area (TPSA) is 20.3 Å². The van der Waals surface area contributed by atoms with Gasteiger partial charge in [-0.25, -0.2) is 0 Å². The zero-order valence-electron chi connectivity index (χ0n) is 6.42. The number of carbonyl (C=O) groups is 1. The summed E-state index contributed by atoms with van der Waals surface area (Å²) in [6, 6.07) is 7.52. The van der Waals surface area contributed by atoms with Crippen molar-refractivity contribution in [2.45, 2.75) is 6.92 Å². The molecule has 4 heteroatoms. The van der Waals surface area contributed by atoms with Crippen molar-refractivity contribution in [1.29, 1.82) is 0 Å². The van der Waals surface area contributed by atoms with Crippen molar-refractivity contribution >= 4 is 57.2 Å². The molecule has 0 aromatic heterocycles. The monoisotopic (exact) mass is 387 g/mol. The number of Topliss-reactive ketones (excluding diaryl/α,β-unsaturated/α-hetero) is 1. The SMILES string of the molecule is CC(=O)c1ccc(N(I)I)cc1. The molecule has 1 rings (SSSR count). The molecule has 0 heterocycles. The van der Waals surface area contributed by atoms with Crippen molar-refractivity contribution in [2.24, 2.45) is 0 Å². The smallest absolute Gasteiger partial charge is 0.159 e. The third-order valence-electron chi connectivity index (χ3n) is 1.47. The van der Waals surface area contributed by atoms with Crippen LogP contribution in [0.2, 0.25) is 0 Å². The minimum atomic E-state index is 0.106. The summed E-state index contributed by atoms with van der Waals surface area (Å²) in [6.07, 6.45) is 0. The van der Waals surface area contributed by atoms with Gasteiger partial charge in [0.15, 0.2) is 5.78 Å². The van der Waals surface area contributed by atoms with Gasteiger partial charge in [0, 0.05) is 5.56 Å². The Morgan fingerprint density at radius 1 is 1.25 bits per heavy atom. The van der Waals surface area contributed by atoms with Crippen LogP contribution >= 0.6 is 45.7 Å². The van der Waals surface area contributed by atoms with Gasteiger partial charge in [-0.3, -0.25) is 6.12 Å². The van der Waals surface area contributed by atoms with Gasteiger partial charge >= 0.3 is 0 Å². The second-order valence-corrected chi connectivity index (χ2v) is 6.11. The first-order chi connectivity index (χ1) is 5.61. The highest BCUT2D eigenvalue weighted by molar-refractivity contribution is 14.2. The molecule has 1 aromatic carbocycles. The van der Waals surface area contributed by atoms with Gasteiger partial charge in [-0.2, -0.15) is 0 Å². The number of halogens is 2. The van der Waals surface area contributed by atoms with Crippen molar-refractivity contribution in [3.8, 4) is 0 Å². The van der Waals surface area contributed by atoms with Crippen molar-refractivity contribution in [3.05, 3.63) is 29.8 Å². The highest BCUT2D eigenvalue weighted by Gasteiger charge is 2.00. The number of benzene rings is 1. The van der Waals surface area contributed by atoms with E-state index in [0.29, 0.717) is 0 Å². The molecule has 0 bridgehead atoms. The first-order valence-corrected chi connectivity index (χ1v) is 5.27. The molecule has 0 unspecified atom stereocenters. The number of hydrogen-bond donors (Lipinski definition) is 0. The molecule has 0 N–H and O–H groups in total. The van der Waals surface area contributed by atoms with E-state index in [1.807, 2.05) is 25.6 Å². The predicted molar refractivity (Wildman–Crippen MR) is 67.0 cm³/mol. The fourth-order valence-corrected chi connectivity index (χ4v) is 1.45.